The van der Waals surface area contributed by atoms with Crippen molar-refractivity contribution >= 4 is 23.5 Å². The number of aryl methyl sites for hydroxylation is 2. The topological polar surface area (TPSA) is 112 Å². The van der Waals surface area contributed by atoms with Crippen molar-refractivity contribution in [2.75, 3.05) is 12.3 Å². The zero-order chi connectivity index (χ0) is 21.0. The van der Waals surface area contributed by atoms with Crippen LogP contribution < -0.4 is 5.73 Å². The van der Waals surface area contributed by atoms with Crippen LogP contribution in [0.15, 0.2) is 24.3 Å². The standard InChI is InChI=1S/C20H22FN5O3/c1-12-16(13(2)26-20(23-12)24-19(22)25-26)9-10-18(28)29-11-3-4-17(27)14-5-7-15(21)8-6-14/h5-8H,3-4,9-11H2,1-2H3,(H2,22,25). The fourth-order valence-electron chi connectivity index (χ4n) is 3.08. The van der Waals surface area contributed by atoms with Crippen molar-refractivity contribution < 1.29 is 18.7 Å². The predicted molar refractivity (Wildman–Crippen MR) is 104 cm³/mol. The minimum Gasteiger partial charge on any atom is -0.466 e. The van der Waals surface area contributed by atoms with E-state index in [4.69, 9.17) is 10.5 Å². The van der Waals surface area contributed by atoms with E-state index < -0.39 is 0 Å². The number of nitrogens with zero attached hydrogens (tertiary/aromatic N) is 4. The molecule has 0 aliphatic rings. The first kappa shape index (κ1) is 20.4. The largest absolute Gasteiger partial charge is 0.466 e. The van der Waals surface area contributed by atoms with Gasteiger partial charge in [0, 0.05) is 29.8 Å². The van der Waals surface area contributed by atoms with Crippen LogP contribution in [0.1, 0.15) is 46.6 Å². The number of ketones is 1. The second kappa shape index (κ2) is 8.76. The molecular formula is C20H22FN5O3. The van der Waals surface area contributed by atoms with E-state index in [9.17, 15) is 14.0 Å². The van der Waals surface area contributed by atoms with E-state index in [0.717, 1.165) is 17.0 Å². The highest BCUT2D eigenvalue weighted by Gasteiger charge is 2.14. The summed E-state index contributed by atoms with van der Waals surface area (Å²) < 4.78 is 19.7. The molecule has 2 aromatic heterocycles. The number of aromatic nitrogens is 4. The number of halogens is 1. The SMILES string of the molecule is Cc1nc2nc(N)nn2c(C)c1CCC(=O)OCCCC(=O)c1ccc(F)cc1. The van der Waals surface area contributed by atoms with E-state index in [1.165, 1.54) is 24.3 Å². The van der Waals surface area contributed by atoms with Gasteiger partial charge in [-0.25, -0.2) is 9.37 Å². The molecule has 0 unspecified atom stereocenters. The molecule has 9 heteroatoms. The first-order valence-corrected chi connectivity index (χ1v) is 9.28. The lowest BCUT2D eigenvalue weighted by atomic mass is 10.1. The maximum Gasteiger partial charge on any atom is 0.306 e. The maximum absolute atomic E-state index is 12.9. The van der Waals surface area contributed by atoms with E-state index in [1.807, 2.05) is 13.8 Å². The summed E-state index contributed by atoms with van der Waals surface area (Å²) in [4.78, 5) is 32.4. The Bertz CT molecular complexity index is 1050. The molecule has 152 valence electrons. The number of carbonyl (C=O) groups is 2. The van der Waals surface area contributed by atoms with Gasteiger partial charge in [-0.1, -0.05) is 0 Å². The van der Waals surface area contributed by atoms with Gasteiger partial charge in [0.25, 0.3) is 5.78 Å². The summed E-state index contributed by atoms with van der Waals surface area (Å²) in [5.74, 6) is -0.279. The molecule has 3 aromatic rings. The van der Waals surface area contributed by atoms with Crippen molar-refractivity contribution in [2.45, 2.75) is 39.5 Å². The Hall–Kier alpha value is -3.36. The van der Waals surface area contributed by atoms with Crippen LogP contribution in [-0.4, -0.2) is 37.9 Å². The number of ether oxygens (including phenoxy) is 1. The number of benzene rings is 1. The summed E-state index contributed by atoms with van der Waals surface area (Å²) >= 11 is 0. The highest BCUT2D eigenvalue weighted by atomic mass is 19.1. The fraction of sp³-hybridized carbons (Fsp3) is 0.350. The van der Waals surface area contributed by atoms with E-state index in [1.54, 1.807) is 4.52 Å². The molecular weight excluding hydrogens is 377 g/mol. The van der Waals surface area contributed by atoms with Crippen LogP contribution in [0.25, 0.3) is 5.78 Å². The van der Waals surface area contributed by atoms with Crippen LogP contribution in [0, 0.1) is 19.7 Å². The molecule has 0 saturated heterocycles. The van der Waals surface area contributed by atoms with Gasteiger partial charge in [-0.15, -0.1) is 5.10 Å². The molecule has 1 aromatic carbocycles. The number of nitrogens with two attached hydrogens (primary N) is 1. The van der Waals surface area contributed by atoms with Crippen LogP contribution in [0.5, 0.6) is 0 Å². The third-order valence-corrected chi connectivity index (χ3v) is 4.62. The second-order valence-corrected chi connectivity index (χ2v) is 6.70. The molecule has 2 N–H and O–H groups in total. The van der Waals surface area contributed by atoms with Crippen LogP contribution >= 0.6 is 0 Å². The molecule has 3 rings (SSSR count). The van der Waals surface area contributed by atoms with Crippen molar-refractivity contribution in [2.24, 2.45) is 0 Å². The lowest BCUT2D eigenvalue weighted by Gasteiger charge is -2.10. The Balaban J connectivity index is 1.46. The minimum absolute atomic E-state index is 0.112. The smallest absolute Gasteiger partial charge is 0.306 e. The summed E-state index contributed by atoms with van der Waals surface area (Å²) in [5.41, 5.74) is 8.55. The Labute approximate surface area is 166 Å². The molecule has 0 amide bonds. The quantitative estimate of drug-likeness (QED) is 0.352. The molecule has 0 aliphatic heterocycles. The van der Waals surface area contributed by atoms with Crippen LogP contribution in [-0.2, 0) is 16.0 Å². The van der Waals surface area contributed by atoms with Crippen molar-refractivity contribution in [1.29, 1.82) is 0 Å². The van der Waals surface area contributed by atoms with Crippen molar-refractivity contribution in [3.05, 3.63) is 52.6 Å². The lowest BCUT2D eigenvalue weighted by Crippen LogP contribution is -2.11. The first-order valence-electron chi connectivity index (χ1n) is 9.28. The number of hydrogen-bond acceptors (Lipinski definition) is 7. The third kappa shape index (κ3) is 4.92. The Kier molecular flexibility index (Phi) is 6.16. The molecule has 2 heterocycles. The van der Waals surface area contributed by atoms with Gasteiger partial charge in [-0.2, -0.15) is 9.50 Å². The highest BCUT2D eigenvalue weighted by Crippen LogP contribution is 2.16. The molecule has 0 atom stereocenters. The molecule has 0 bridgehead atoms. The Morgan fingerprint density at radius 3 is 2.59 bits per heavy atom. The van der Waals surface area contributed by atoms with Crippen LogP contribution in [0.4, 0.5) is 10.3 Å². The van der Waals surface area contributed by atoms with Gasteiger partial charge in [0.05, 0.1) is 6.61 Å². The average molecular weight is 399 g/mol. The average Bonchev–Trinajstić information content (AvgIpc) is 3.05. The lowest BCUT2D eigenvalue weighted by molar-refractivity contribution is -0.143. The van der Waals surface area contributed by atoms with E-state index in [2.05, 4.69) is 15.1 Å². The molecule has 8 nitrogen and oxygen atoms in total. The van der Waals surface area contributed by atoms with E-state index in [-0.39, 0.29) is 43.0 Å². The predicted octanol–water partition coefficient (Wildman–Crippen LogP) is 2.60. The number of fused-ring (bicyclic) bond motifs is 1. The molecule has 0 spiro atoms. The maximum atomic E-state index is 12.9. The van der Waals surface area contributed by atoms with Gasteiger partial charge in [-0.3, -0.25) is 9.59 Å². The third-order valence-electron chi connectivity index (χ3n) is 4.62. The molecule has 0 radical (unpaired) electrons. The molecule has 0 saturated carbocycles. The van der Waals surface area contributed by atoms with Gasteiger partial charge in [0.2, 0.25) is 5.95 Å². The monoisotopic (exact) mass is 399 g/mol. The zero-order valence-electron chi connectivity index (χ0n) is 16.3. The Morgan fingerprint density at radius 2 is 1.86 bits per heavy atom. The zero-order valence-corrected chi connectivity index (χ0v) is 16.3. The number of anilines is 1. The summed E-state index contributed by atoms with van der Waals surface area (Å²) in [7, 11) is 0. The van der Waals surface area contributed by atoms with Gasteiger partial charge in [0.1, 0.15) is 5.82 Å². The summed E-state index contributed by atoms with van der Waals surface area (Å²) in [6, 6.07) is 5.39. The van der Waals surface area contributed by atoms with Crippen molar-refractivity contribution in [1.82, 2.24) is 19.6 Å². The van der Waals surface area contributed by atoms with Crippen molar-refractivity contribution in [3.63, 3.8) is 0 Å². The van der Waals surface area contributed by atoms with Gasteiger partial charge >= 0.3 is 5.97 Å². The summed E-state index contributed by atoms with van der Waals surface area (Å²) in [5, 5.41) is 4.10. The first-order chi connectivity index (χ1) is 13.8. The Morgan fingerprint density at radius 1 is 1.14 bits per heavy atom. The second-order valence-electron chi connectivity index (χ2n) is 6.70. The number of Topliss-reactive ketones (excluding diaryl/α,β-unsaturated/α-hetero) is 1. The molecule has 29 heavy (non-hydrogen) atoms. The van der Waals surface area contributed by atoms with Gasteiger partial charge < -0.3 is 10.5 Å². The van der Waals surface area contributed by atoms with Gasteiger partial charge in [-0.05, 0) is 56.5 Å². The number of nitrogen functional groups attached to an aromatic ring is 1. The number of rotatable bonds is 8. The normalized spacial score (nSPS) is 11.0. The van der Waals surface area contributed by atoms with E-state index >= 15 is 0 Å². The number of carbonyl (C=O) groups excluding carboxylic acids is 2. The minimum atomic E-state index is -0.386. The molecule has 0 fully saturated rings. The number of hydrogen-bond donors (Lipinski definition) is 1. The van der Waals surface area contributed by atoms with Crippen molar-refractivity contribution in [3.8, 4) is 0 Å². The fourth-order valence-corrected chi connectivity index (χ4v) is 3.08. The highest BCUT2D eigenvalue weighted by molar-refractivity contribution is 5.95. The van der Waals surface area contributed by atoms with E-state index in [0.29, 0.717) is 24.2 Å². The number of esters is 1. The summed E-state index contributed by atoms with van der Waals surface area (Å²) in [6.45, 7) is 3.87. The van der Waals surface area contributed by atoms with Crippen LogP contribution in [0.2, 0.25) is 0 Å². The van der Waals surface area contributed by atoms with Crippen LogP contribution in [0.3, 0.4) is 0 Å². The molecule has 0 aliphatic carbocycles. The van der Waals surface area contributed by atoms with Gasteiger partial charge in [0.15, 0.2) is 5.78 Å². The summed E-state index contributed by atoms with van der Waals surface area (Å²) in [6.07, 6.45) is 1.27.